The van der Waals surface area contributed by atoms with Gasteiger partial charge in [-0.25, -0.2) is 4.39 Å². The van der Waals surface area contributed by atoms with Gasteiger partial charge in [-0.3, -0.25) is 4.79 Å². The van der Waals surface area contributed by atoms with Gasteiger partial charge in [-0.15, -0.1) is 0 Å². The second-order valence-corrected chi connectivity index (χ2v) is 10.4. The lowest BCUT2D eigenvalue weighted by molar-refractivity contribution is 0.205. The zero-order valence-electron chi connectivity index (χ0n) is 18.3. The maximum Gasteiger partial charge on any atom is 0.316 e. The standard InChI is InChI=1S/C21H28FN5O4S/c1-24(2)32(29,30)26-12-10-25(11-13-26)19-15-23-27(17-7-5-6-16(22)14-17)21(28)20(19)31-18-8-3-4-9-18/h5-7,14-15,18H,3-4,8-13H2,1-2H3. The number of ether oxygens (including phenoxy) is 1. The van der Waals surface area contributed by atoms with Crippen molar-refractivity contribution in [2.45, 2.75) is 31.8 Å². The number of benzene rings is 1. The molecule has 1 aromatic carbocycles. The Kier molecular flexibility index (Phi) is 6.50. The lowest BCUT2D eigenvalue weighted by Gasteiger charge is -2.36. The molecule has 1 aliphatic heterocycles. The summed E-state index contributed by atoms with van der Waals surface area (Å²) < 4.78 is 48.5. The number of hydrogen-bond donors (Lipinski definition) is 0. The van der Waals surface area contributed by atoms with Crippen molar-refractivity contribution in [3.8, 4) is 11.4 Å². The molecule has 0 spiro atoms. The molecule has 2 heterocycles. The van der Waals surface area contributed by atoms with Gasteiger partial charge >= 0.3 is 5.56 Å². The van der Waals surface area contributed by atoms with Crippen LogP contribution in [-0.2, 0) is 10.2 Å². The second-order valence-electron chi connectivity index (χ2n) is 8.26. The molecule has 0 unspecified atom stereocenters. The minimum atomic E-state index is -3.50. The minimum absolute atomic E-state index is 0.0554. The highest BCUT2D eigenvalue weighted by Crippen LogP contribution is 2.30. The molecule has 1 aromatic heterocycles. The van der Waals surface area contributed by atoms with Crippen LogP contribution in [0.2, 0.25) is 0 Å². The fraction of sp³-hybridized carbons (Fsp3) is 0.524. The first-order valence-corrected chi connectivity index (χ1v) is 12.1. The van der Waals surface area contributed by atoms with Gasteiger partial charge in [0.2, 0.25) is 5.75 Å². The Morgan fingerprint density at radius 3 is 2.44 bits per heavy atom. The lowest BCUT2D eigenvalue weighted by atomic mass is 10.2. The van der Waals surface area contributed by atoms with Crippen LogP contribution >= 0.6 is 0 Å². The number of nitrogens with zero attached hydrogens (tertiary/aromatic N) is 5. The van der Waals surface area contributed by atoms with E-state index in [1.807, 2.05) is 4.90 Å². The van der Waals surface area contributed by atoms with Crippen LogP contribution in [0.4, 0.5) is 10.1 Å². The van der Waals surface area contributed by atoms with Gasteiger partial charge in [0.15, 0.2) is 0 Å². The third-order valence-electron chi connectivity index (χ3n) is 5.92. The van der Waals surface area contributed by atoms with Gasteiger partial charge in [-0.1, -0.05) is 6.07 Å². The van der Waals surface area contributed by atoms with Gasteiger partial charge in [0, 0.05) is 40.3 Å². The first-order chi connectivity index (χ1) is 15.3. The molecule has 4 rings (SSSR count). The number of piperazine rings is 1. The molecule has 0 atom stereocenters. The Balaban J connectivity index is 1.66. The van der Waals surface area contributed by atoms with Crippen molar-refractivity contribution in [1.82, 2.24) is 18.4 Å². The van der Waals surface area contributed by atoms with Gasteiger partial charge in [0.25, 0.3) is 10.2 Å². The molecule has 0 radical (unpaired) electrons. The Labute approximate surface area is 187 Å². The summed E-state index contributed by atoms with van der Waals surface area (Å²) in [5, 5.41) is 4.27. The largest absolute Gasteiger partial charge is 0.483 e. The quantitative estimate of drug-likeness (QED) is 0.644. The molecular weight excluding hydrogens is 437 g/mol. The van der Waals surface area contributed by atoms with Crippen LogP contribution in [-0.4, -0.2) is 73.2 Å². The molecule has 0 bridgehead atoms. The summed E-state index contributed by atoms with van der Waals surface area (Å²) in [7, 11) is -0.487. The summed E-state index contributed by atoms with van der Waals surface area (Å²) in [4.78, 5) is 15.3. The number of rotatable bonds is 6. The zero-order chi connectivity index (χ0) is 22.9. The van der Waals surface area contributed by atoms with Crippen molar-refractivity contribution in [3.05, 3.63) is 46.6 Å². The molecule has 9 nitrogen and oxygen atoms in total. The van der Waals surface area contributed by atoms with E-state index in [2.05, 4.69) is 5.10 Å². The van der Waals surface area contributed by atoms with E-state index in [1.54, 1.807) is 12.3 Å². The number of halogens is 1. The summed E-state index contributed by atoms with van der Waals surface area (Å²) in [6.45, 7) is 1.38. The van der Waals surface area contributed by atoms with Crippen molar-refractivity contribution in [3.63, 3.8) is 0 Å². The van der Waals surface area contributed by atoms with E-state index in [0.29, 0.717) is 24.5 Å². The van der Waals surface area contributed by atoms with Crippen LogP contribution in [0, 0.1) is 5.82 Å². The Hall–Kier alpha value is -2.50. The summed E-state index contributed by atoms with van der Waals surface area (Å²) in [6, 6.07) is 5.69. The zero-order valence-corrected chi connectivity index (χ0v) is 19.1. The fourth-order valence-electron chi connectivity index (χ4n) is 4.12. The molecular formula is C21H28FN5O4S. The number of hydrogen-bond acceptors (Lipinski definition) is 6. The van der Waals surface area contributed by atoms with Crippen molar-refractivity contribution in [2.75, 3.05) is 45.2 Å². The molecule has 174 valence electrons. The lowest BCUT2D eigenvalue weighted by Crippen LogP contribution is -2.52. The highest BCUT2D eigenvalue weighted by atomic mass is 32.2. The molecule has 1 aliphatic carbocycles. The van der Waals surface area contributed by atoms with Crippen LogP contribution in [0.3, 0.4) is 0 Å². The summed E-state index contributed by atoms with van der Waals surface area (Å²) in [5.41, 5.74) is 0.402. The molecule has 2 aliphatic rings. The van der Waals surface area contributed by atoms with Gasteiger partial charge in [0.1, 0.15) is 11.5 Å². The molecule has 11 heteroatoms. The van der Waals surface area contributed by atoms with E-state index < -0.39 is 21.6 Å². The molecule has 32 heavy (non-hydrogen) atoms. The normalized spacial score (nSPS) is 18.4. The van der Waals surface area contributed by atoms with Crippen molar-refractivity contribution >= 4 is 15.9 Å². The predicted octanol–water partition coefficient (Wildman–Crippen LogP) is 1.62. The average molecular weight is 466 g/mol. The molecule has 2 fully saturated rings. The smallest absolute Gasteiger partial charge is 0.316 e. The average Bonchev–Trinajstić information content (AvgIpc) is 3.28. The van der Waals surface area contributed by atoms with Gasteiger partial charge in [-0.2, -0.15) is 26.8 Å². The van der Waals surface area contributed by atoms with Crippen molar-refractivity contribution in [1.29, 1.82) is 0 Å². The van der Waals surface area contributed by atoms with Crippen molar-refractivity contribution in [2.24, 2.45) is 0 Å². The van der Waals surface area contributed by atoms with Gasteiger partial charge in [0.05, 0.1) is 18.0 Å². The first-order valence-electron chi connectivity index (χ1n) is 10.7. The molecule has 0 amide bonds. The van der Waals surface area contributed by atoms with E-state index in [1.165, 1.54) is 40.9 Å². The highest BCUT2D eigenvalue weighted by molar-refractivity contribution is 7.86. The Morgan fingerprint density at radius 1 is 1.12 bits per heavy atom. The van der Waals surface area contributed by atoms with E-state index >= 15 is 0 Å². The van der Waals surface area contributed by atoms with E-state index in [0.717, 1.165) is 30.4 Å². The summed E-state index contributed by atoms with van der Waals surface area (Å²) >= 11 is 0. The fourth-order valence-corrected chi connectivity index (χ4v) is 5.21. The van der Waals surface area contributed by atoms with Crippen LogP contribution in [0.5, 0.6) is 5.75 Å². The molecule has 0 N–H and O–H groups in total. The summed E-state index contributed by atoms with van der Waals surface area (Å²) in [6.07, 6.45) is 5.33. The molecule has 1 saturated heterocycles. The maximum atomic E-state index is 13.7. The number of aromatic nitrogens is 2. The Bertz CT molecular complexity index is 1120. The number of anilines is 1. The van der Waals surface area contributed by atoms with Crippen molar-refractivity contribution < 1.29 is 17.5 Å². The van der Waals surface area contributed by atoms with Crippen LogP contribution < -0.4 is 15.2 Å². The van der Waals surface area contributed by atoms with E-state index in [-0.39, 0.29) is 24.9 Å². The second kappa shape index (κ2) is 9.16. The van der Waals surface area contributed by atoms with Crippen LogP contribution in [0.1, 0.15) is 25.7 Å². The third kappa shape index (κ3) is 4.50. The summed E-state index contributed by atoms with van der Waals surface area (Å²) in [5.74, 6) is -0.281. The third-order valence-corrected chi connectivity index (χ3v) is 7.86. The predicted molar refractivity (Wildman–Crippen MR) is 119 cm³/mol. The minimum Gasteiger partial charge on any atom is -0.483 e. The van der Waals surface area contributed by atoms with E-state index in [4.69, 9.17) is 4.74 Å². The monoisotopic (exact) mass is 465 g/mol. The molecule has 2 aromatic rings. The first kappa shape index (κ1) is 22.7. The highest BCUT2D eigenvalue weighted by Gasteiger charge is 2.31. The van der Waals surface area contributed by atoms with Crippen LogP contribution in [0.25, 0.3) is 5.69 Å². The molecule has 1 saturated carbocycles. The van der Waals surface area contributed by atoms with Gasteiger partial charge in [-0.05, 0) is 43.9 Å². The topological polar surface area (TPSA) is 88.0 Å². The van der Waals surface area contributed by atoms with Crippen LogP contribution in [0.15, 0.2) is 35.3 Å². The maximum absolute atomic E-state index is 13.7. The SMILES string of the molecule is CN(C)S(=O)(=O)N1CCN(c2cnn(-c3cccc(F)c3)c(=O)c2OC2CCCC2)CC1. The van der Waals surface area contributed by atoms with E-state index in [9.17, 15) is 17.6 Å². The van der Waals surface area contributed by atoms with Gasteiger partial charge < -0.3 is 9.64 Å². The Morgan fingerprint density at radius 2 is 1.81 bits per heavy atom.